The monoisotopic (exact) mass is 420 g/mol. The van der Waals surface area contributed by atoms with Gasteiger partial charge in [-0.15, -0.1) is 11.3 Å². The van der Waals surface area contributed by atoms with Crippen LogP contribution in [-0.4, -0.2) is 47.8 Å². The zero-order valence-corrected chi connectivity index (χ0v) is 16.2. The molecular weight excluding hydrogens is 406 g/mol. The third-order valence-corrected chi connectivity index (χ3v) is 6.14. The molecule has 1 saturated heterocycles. The molecule has 1 fully saturated rings. The van der Waals surface area contributed by atoms with Crippen molar-refractivity contribution in [2.75, 3.05) is 26.2 Å². The van der Waals surface area contributed by atoms with Crippen LogP contribution in [0.3, 0.4) is 0 Å². The predicted octanol–water partition coefficient (Wildman–Crippen LogP) is 4.43. The second-order valence-electron chi connectivity index (χ2n) is 6.47. The normalized spacial score (nSPS) is 14.5. The van der Waals surface area contributed by atoms with Gasteiger partial charge >= 0.3 is 0 Å². The highest BCUT2D eigenvalue weighted by atomic mass is 35.5. The number of halogens is 3. The van der Waals surface area contributed by atoms with Gasteiger partial charge in [0, 0.05) is 36.3 Å². The van der Waals surface area contributed by atoms with Gasteiger partial charge in [0.2, 0.25) is 0 Å². The summed E-state index contributed by atoms with van der Waals surface area (Å²) in [5.41, 5.74) is 0.239. The van der Waals surface area contributed by atoms with Crippen molar-refractivity contribution in [3.63, 3.8) is 0 Å². The molecule has 0 spiro atoms. The van der Waals surface area contributed by atoms with E-state index in [1.807, 2.05) is 0 Å². The molecule has 1 aliphatic rings. The lowest BCUT2D eigenvalue weighted by molar-refractivity contribution is 0.0538. The second-order valence-corrected chi connectivity index (χ2v) is 7.96. The first kappa shape index (κ1) is 18.8. The Labute approximate surface area is 168 Å². The van der Waals surface area contributed by atoms with Crippen LogP contribution in [0.4, 0.5) is 8.78 Å². The largest absolute Gasteiger partial charge is 0.335 e. The van der Waals surface area contributed by atoms with Crippen LogP contribution in [0.2, 0.25) is 5.02 Å². The van der Waals surface area contributed by atoms with Gasteiger partial charge in [0.05, 0.1) is 15.5 Å². The fourth-order valence-corrected chi connectivity index (χ4v) is 4.52. The van der Waals surface area contributed by atoms with Gasteiger partial charge in [0.15, 0.2) is 0 Å². The molecule has 2 aromatic carbocycles. The summed E-state index contributed by atoms with van der Waals surface area (Å²) in [6.45, 7) is 1.41. The van der Waals surface area contributed by atoms with Gasteiger partial charge in [-0.2, -0.15) is 0 Å². The first-order valence-electron chi connectivity index (χ1n) is 8.65. The Morgan fingerprint density at radius 3 is 2.25 bits per heavy atom. The number of carbonyl (C=O) groups excluding carboxylic acids is 2. The van der Waals surface area contributed by atoms with E-state index in [2.05, 4.69) is 0 Å². The molecule has 4 rings (SSSR count). The van der Waals surface area contributed by atoms with Gasteiger partial charge in [-0.3, -0.25) is 9.59 Å². The van der Waals surface area contributed by atoms with Gasteiger partial charge in [0.1, 0.15) is 11.6 Å². The molecule has 8 heteroatoms. The number of thiophene rings is 1. The SMILES string of the molecule is O=C(c1cc2c(F)cccc2s1)N1CCN(C(=O)c2ccc(F)cc2Cl)CC1. The third kappa shape index (κ3) is 3.47. The van der Waals surface area contributed by atoms with Gasteiger partial charge in [0.25, 0.3) is 11.8 Å². The molecule has 4 nitrogen and oxygen atoms in total. The summed E-state index contributed by atoms with van der Waals surface area (Å²) in [5.74, 6) is -1.32. The molecule has 2 heterocycles. The van der Waals surface area contributed by atoms with Crippen LogP contribution in [-0.2, 0) is 0 Å². The summed E-state index contributed by atoms with van der Waals surface area (Å²) in [6, 6.07) is 10.0. The Kier molecular flexibility index (Phi) is 5.03. The lowest BCUT2D eigenvalue weighted by Crippen LogP contribution is -2.50. The first-order valence-corrected chi connectivity index (χ1v) is 9.85. The number of nitrogens with zero attached hydrogens (tertiary/aromatic N) is 2. The highest BCUT2D eigenvalue weighted by Gasteiger charge is 2.27. The van der Waals surface area contributed by atoms with Crippen LogP contribution >= 0.6 is 22.9 Å². The number of rotatable bonds is 2. The third-order valence-electron chi connectivity index (χ3n) is 4.73. The molecule has 1 aliphatic heterocycles. The van der Waals surface area contributed by atoms with Crippen molar-refractivity contribution in [3.8, 4) is 0 Å². The van der Waals surface area contributed by atoms with E-state index in [9.17, 15) is 18.4 Å². The standard InChI is InChI=1S/C20H15ClF2N2O2S/c21-15-10-12(22)4-5-13(15)19(26)24-6-8-25(9-7-24)20(27)18-11-14-16(23)2-1-3-17(14)28-18/h1-5,10-11H,6-9H2. The van der Waals surface area contributed by atoms with Crippen LogP contribution in [0.15, 0.2) is 42.5 Å². The highest BCUT2D eigenvalue weighted by Crippen LogP contribution is 2.29. The first-order chi connectivity index (χ1) is 13.4. The highest BCUT2D eigenvalue weighted by molar-refractivity contribution is 7.20. The topological polar surface area (TPSA) is 40.6 Å². The summed E-state index contributed by atoms with van der Waals surface area (Å²) in [6.07, 6.45) is 0. The molecule has 0 radical (unpaired) electrons. The Balaban J connectivity index is 1.45. The fourth-order valence-electron chi connectivity index (χ4n) is 3.23. The Morgan fingerprint density at radius 1 is 0.929 bits per heavy atom. The molecule has 1 aromatic heterocycles. The number of carbonyl (C=O) groups is 2. The Hall–Kier alpha value is -2.51. The van der Waals surface area contributed by atoms with E-state index >= 15 is 0 Å². The van der Waals surface area contributed by atoms with E-state index in [1.54, 1.807) is 28.0 Å². The molecule has 144 valence electrons. The van der Waals surface area contributed by atoms with Crippen LogP contribution in [0.25, 0.3) is 10.1 Å². The zero-order chi connectivity index (χ0) is 19.8. The molecule has 28 heavy (non-hydrogen) atoms. The maximum atomic E-state index is 13.9. The van der Waals surface area contributed by atoms with E-state index in [4.69, 9.17) is 11.6 Å². The lowest BCUT2D eigenvalue weighted by atomic mass is 10.1. The summed E-state index contributed by atoms with van der Waals surface area (Å²) >= 11 is 7.23. The maximum absolute atomic E-state index is 13.9. The number of benzene rings is 2. The molecule has 2 amide bonds. The van der Waals surface area contributed by atoms with Crippen molar-refractivity contribution in [3.05, 3.63) is 69.6 Å². The summed E-state index contributed by atoms with van der Waals surface area (Å²) in [5, 5.41) is 0.506. The van der Waals surface area contributed by atoms with E-state index in [-0.39, 0.29) is 28.2 Å². The molecule has 0 unspecified atom stereocenters. The lowest BCUT2D eigenvalue weighted by Gasteiger charge is -2.34. The Morgan fingerprint density at radius 2 is 1.61 bits per heavy atom. The molecule has 0 N–H and O–H groups in total. The van der Waals surface area contributed by atoms with Gasteiger partial charge in [-0.1, -0.05) is 17.7 Å². The van der Waals surface area contributed by atoms with Crippen LogP contribution < -0.4 is 0 Å². The summed E-state index contributed by atoms with van der Waals surface area (Å²) in [4.78, 5) is 29.1. The molecule has 0 atom stereocenters. The predicted molar refractivity (Wildman–Crippen MR) is 105 cm³/mol. The van der Waals surface area contributed by atoms with Gasteiger partial charge in [-0.25, -0.2) is 8.78 Å². The van der Waals surface area contributed by atoms with E-state index < -0.39 is 5.82 Å². The van der Waals surface area contributed by atoms with Crippen LogP contribution in [0.5, 0.6) is 0 Å². The van der Waals surface area contributed by atoms with Crippen molar-refractivity contribution in [1.29, 1.82) is 0 Å². The fraction of sp³-hybridized carbons (Fsp3) is 0.200. The number of hydrogen-bond donors (Lipinski definition) is 0. The zero-order valence-electron chi connectivity index (χ0n) is 14.6. The molecule has 0 aliphatic carbocycles. The maximum Gasteiger partial charge on any atom is 0.264 e. The smallest absolute Gasteiger partial charge is 0.264 e. The van der Waals surface area contributed by atoms with Crippen molar-refractivity contribution in [2.45, 2.75) is 0 Å². The van der Waals surface area contributed by atoms with Gasteiger partial charge in [-0.05, 0) is 36.4 Å². The number of fused-ring (bicyclic) bond motifs is 1. The van der Waals surface area contributed by atoms with Gasteiger partial charge < -0.3 is 9.80 Å². The Bertz CT molecular complexity index is 1080. The van der Waals surface area contributed by atoms with Crippen molar-refractivity contribution in [2.24, 2.45) is 0 Å². The number of piperazine rings is 1. The summed E-state index contributed by atoms with van der Waals surface area (Å²) < 4.78 is 27.8. The van der Waals surface area contributed by atoms with E-state index in [0.29, 0.717) is 36.4 Å². The second kappa shape index (κ2) is 7.48. The van der Waals surface area contributed by atoms with E-state index in [1.165, 1.54) is 29.5 Å². The minimum atomic E-state index is -0.503. The minimum Gasteiger partial charge on any atom is -0.335 e. The van der Waals surface area contributed by atoms with Crippen molar-refractivity contribution in [1.82, 2.24) is 9.80 Å². The average molecular weight is 421 g/mol. The van der Waals surface area contributed by atoms with E-state index in [0.717, 1.165) is 10.8 Å². The van der Waals surface area contributed by atoms with Crippen LogP contribution in [0.1, 0.15) is 20.0 Å². The van der Waals surface area contributed by atoms with Crippen LogP contribution in [0, 0.1) is 11.6 Å². The minimum absolute atomic E-state index is 0.0656. The number of amides is 2. The summed E-state index contributed by atoms with van der Waals surface area (Å²) in [7, 11) is 0. The van der Waals surface area contributed by atoms with Crippen molar-refractivity contribution >= 4 is 44.8 Å². The number of hydrogen-bond acceptors (Lipinski definition) is 3. The van der Waals surface area contributed by atoms with Crippen molar-refractivity contribution < 1.29 is 18.4 Å². The molecule has 0 saturated carbocycles. The molecular formula is C20H15ClF2N2O2S. The molecule has 0 bridgehead atoms. The average Bonchev–Trinajstić information content (AvgIpc) is 3.13. The quantitative estimate of drug-likeness (QED) is 0.615. The molecule has 3 aromatic rings.